The molecule has 0 amide bonds. The van der Waals surface area contributed by atoms with Gasteiger partial charge in [0.25, 0.3) is 4.80 Å². The van der Waals surface area contributed by atoms with Crippen LogP contribution in [0.25, 0.3) is 0 Å². The monoisotopic (exact) mass is 280 g/mol. The Hall–Kier alpha value is -1.36. The summed E-state index contributed by atoms with van der Waals surface area (Å²) in [6.45, 7) is 0.682. The molecular weight excluding hydrogens is 272 g/mol. The van der Waals surface area contributed by atoms with Gasteiger partial charge in [-0.1, -0.05) is 18.2 Å². The van der Waals surface area contributed by atoms with E-state index in [2.05, 4.69) is 26.1 Å². The van der Waals surface area contributed by atoms with E-state index in [1.165, 1.54) is 0 Å². The second kappa shape index (κ2) is 3.90. The number of hydrogen-bond donors (Lipinski definition) is 0. The molecule has 3 rings (SSSR count). The van der Waals surface area contributed by atoms with Crippen LogP contribution in [0.1, 0.15) is 23.8 Å². The highest BCUT2D eigenvalue weighted by Crippen LogP contribution is 2.37. The van der Waals surface area contributed by atoms with Crippen molar-refractivity contribution >= 4 is 15.9 Å². The van der Waals surface area contributed by atoms with E-state index < -0.39 is 0 Å². The Kier molecular flexibility index (Phi) is 2.40. The molecule has 1 aliphatic heterocycles. The van der Waals surface area contributed by atoms with Crippen molar-refractivity contribution in [2.75, 3.05) is 6.61 Å². The Balaban J connectivity index is 2.04. The molecule has 0 saturated carbocycles. The Morgan fingerprint density at radius 1 is 1.25 bits per heavy atom. The molecule has 0 aliphatic carbocycles. The summed E-state index contributed by atoms with van der Waals surface area (Å²) in [5, 5.41) is 7.84. The fourth-order valence-electron chi connectivity index (χ4n) is 1.96. The van der Waals surface area contributed by atoms with Gasteiger partial charge in [0.05, 0.1) is 12.5 Å². The minimum absolute atomic E-state index is 0.142. The minimum atomic E-state index is 0.142. The van der Waals surface area contributed by atoms with Crippen LogP contribution in [-0.2, 0) is 0 Å². The molecule has 5 heteroatoms. The van der Waals surface area contributed by atoms with E-state index in [1.54, 1.807) is 0 Å². The lowest BCUT2D eigenvalue weighted by atomic mass is 9.93. The second-order valence-electron chi connectivity index (χ2n) is 3.62. The van der Waals surface area contributed by atoms with Gasteiger partial charge in [-0.2, -0.15) is 0 Å². The number of para-hydroxylation sites is 1. The third-order valence-electron chi connectivity index (χ3n) is 2.67. The summed E-state index contributed by atoms with van der Waals surface area (Å²) < 4.78 is 11.0. The third-order valence-corrected chi connectivity index (χ3v) is 2.99. The summed E-state index contributed by atoms with van der Waals surface area (Å²) in [4.78, 5) is 0.423. The SMILES string of the molecule is Brc1nnc(C2CCOc3ccccc32)o1. The minimum Gasteiger partial charge on any atom is -0.493 e. The molecule has 4 nitrogen and oxygen atoms in total. The molecular formula is C11H9BrN2O2. The molecule has 1 aromatic carbocycles. The number of hydrogen-bond acceptors (Lipinski definition) is 4. The van der Waals surface area contributed by atoms with Gasteiger partial charge in [-0.15, -0.1) is 10.2 Å². The van der Waals surface area contributed by atoms with Gasteiger partial charge in [0.1, 0.15) is 5.75 Å². The van der Waals surface area contributed by atoms with Gasteiger partial charge in [0.2, 0.25) is 5.89 Å². The van der Waals surface area contributed by atoms with Crippen molar-refractivity contribution in [3.8, 4) is 5.75 Å². The van der Waals surface area contributed by atoms with Crippen molar-refractivity contribution in [1.29, 1.82) is 0 Å². The molecule has 2 aromatic rings. The highest BCUT2D eigenvalue weighted by atomic mass is 79.9. The molecule has 0 radical (unpaired) electrons. The first kappa shape index (κ1) is 9.84. The lowest BCUT2D eigenvalue weighted by Crippen LogP contribution is -2.15. The predicted molar refractivity (Wildman–Crippen MR) is 60.4 cm³/mol. The van der Waals surface area contributed by atoms with Crippen LogP contribution >= 0.6 is 15.9 Å². The zero-order valence-corrected chi connectivity index (χ0v) is 9.98. The lowest BCUT2D eigenvalue weighted by molar-refractivity contribution is 0.264. The number of halogens is 1. The smallest absolute Gasteiger partial charge is 0.284 e. The Morgan fingerprint density at radius 3 is 2.94 bits per heavy atom. The molecule has 1 aromatic heterocycles. The number of rotatable bonds is 1. The molecule has 0 N–H and O–H groups in total. The summed E-state index contributed by atoms with van der Waals surface area (Å²) in [7, 11) is 0. The number of nitrogens with zero attached hydrogens (tertiary/aromatic N) is 2. The number of benzene rings is 1. The van der Waals surface area contributed by atoms with E-state index in [0.717, 1.165) is 17.7 Å². The average Bonchev–Trinajstić information content (AvgIpc) is 2.75. The maximum atomic E-state index is 5.58. The van der Waals surface area contributed by atoms with Crippen LogP contribution in [0.4, 0.5) is 0 Å². The average molecular weight is 281 g/mol. The molecule has 1 atom stereocenters. The highest BCUT2D eigenvalue weighted by Gasteiger charge is 2.26. The van der Waals surface area contributed by atoms with E-state index in [0.29, 0.717) is 17.3 Å². The summed E-state index contributed by atoms with van der Waals surface area (Å²) in [5.41, 5.74) is 1.12. The van der Waals surface area contributed by atoms with Crippen LogP contribution in [0.5, 0.6) is 5.75 Å². The van der Waals surface area contributed by atoms with E-state index in [-0.39, 0.29) is 5.92 Å². The summed E-state index contributed by atoms with van der Waals surface area (Å²) in [6.07, 6.45) is 0.867. The lowest BCUT2D eigenvalue weighted by Gasteiger charge is -2.23. The summed E-state index contributed by atoms with van der Waals surface area (Å²) >= 11 is 3.17. The first-order chi connectivity index (χ1) is 7.84. The molecule has 0 spiro atoms. The summed E-state index contributed by atoms with van der Waals surface area (Å²) in [5.74, 6) is 1.69. The van der Waals surface area contributed by atoms with Crippen molar-refractivity contribution < 1.29 is 9.15 Å². The maximum absolute atomic E-state index is 5.58. The van der Waals surface area contributed by atoms with Gasteiger partial charge >= 0.3 is 0 Å². The van der Waals surface area contributed by atoms with Crippen LogP contribution in [0, 0.1) is 0 Å². The van der Waals surface area contributed by atoms with Crippen LogP contribution in [0.3, 0.4) is 0 Å². The zero-order valence-electron chi connectivity index (χ0n) is 8.39. The van der Waals surface area contributed by atoms with Crippen molar-refractivity contribution in [3.63, 3.8) is 0 Å². The normalized spacial score (nSPS) is 18.9. The van der Waals surface area contributed by atoms with Crippen LogP contribution in [-0.4, -0.2) is 16.8 Å². The topological polar surface area (TPSA) is 48.2 Å². The number of fused-ring (bicyclic) bond motifs is 1. The van der Waals surface area contributed by atoms with Crippen molar-refractivity contribution in [2.24, 2.45) is 0 Å². The molecule has 0 saturated heterocycles. The number of aromatic nitrogens is 2. The fraction of sp³-hybridized carbons (Fsp3) is 0.273. The number of ether oxygens (including phenoxy) is 1. The van der Waals surface area contributed by atoms with E-state index in [9.17, 15) is 0 Å². The summed E-state index contributed by atoms with van der Waals surface area (Å²) in [6, 6.07) is 7.96. The molecule has 1 unspecified atom stereocenters. The van der Waals surface area contributed by atoms with E-state index >= 15 is 0 Å². The first-order valence-electron chi connectivity index (χ1n) is 5.05. The fourth-order valence-corrected chi connectivity index (χ4v) is 2.20. The zero-order chi connectivity index (χ0) is 11.0. The predicted octanol–water partition coefficient (Wildman–Crippen LogP) is 2.75. The Bertz CT molecular complexity index is 512. The quantitative estimate of drug-likeness (QED) is 0.806. The Labute approximate surface area is 101 Å². The van der Waals surface area contributed by atoms with Gasteiger partial charge < -0.3 is 9.15 Å². The van der Waals surface area contributed by atoms with E-state index in [4.69, 9.17) is 9.15 Å². The maximum Gasteiger partial charge on any atom is 0.284 e. The Morgan fingerprint density at radius 2 is 2.12 bits per heavy atom. The molecule has 16 heavy (non-hydrogen) atoms. The first-order valence-corrected chi connectivity index (χ1v) is 5.84. The second-order valence-corrected chi connectivity index (χ2v) is 4.30. The van der Waals surface area contributed by atoms with Crippen molar-refractivity contribution in [2.45, 2.75) is 12.3 Å². The van der Waals surface area contributed by atoms with Gasteiger partial charge in [0, 0.05) is 21.5 Å². The molecule has 1 aliphatic rings. The molecule has 2 heterocycles. The molecule has 0 bridgehead atoms. The largest absolute Gasteiger partial charge is 0.493 e. The van der Waals surface area contributed by atoms with Gasteiger partial charge in [-0.05, 0) is 12.5 Å². The van der Waals surface area contributed by atoms with Gasteiger partial charge in [0.15, 0.2) is 0 Å². The standard InChI is InChI=1S/C11H9BrN2O2/c12-11-14-13-10(16-11)8-5-6-15-9-4-2-1-3-7(8)9/h1-4,8H,5-6H2. The van der Waals surface area contributed by atoms with Crippen molar-refractivity contribution in [3.05, 3.63) is 40.5 Å². The van der Waals surface area contributed by atoms with Crippen molar-refractivity contribution in [1.82, 2.24) is 10.2 Å². The van der Waals surface area contributed by atoms with Crippen LogP contribution < -0.4 is 4.74 Å². The van der Waals surface area contributed by atoms with Crippen LogP contribution in [0.2, 0.25) is 0 Å². The molecule has 82 valence electrons. The van der Waals surface area contributed by atoms with Crippen LogP contribution in [0.15, 0.2) is 33.5 Å². The highest BCUT2D eigenvalue weighted by molar-refractivity contribution is 9.10. The third kappa shape index (κ3) is 1.61. The van der Waals surface area contributed by atoms with Gasteiger partial charge in [-0.25, -0.2) is 0 Å². The van der Waals surface area contributed by atoms with Gasteiger partial charge in [-0.3, -0.25) is 0 Å². The van der Waals surface area contributed by atoms with E-state index in [1.807, 2.05) is 24.3 Å². The molecule has 0 fully saturated rings.